The Morgan fingerprint density at radius 2 is 1.80 bits per heavy atom. The molecule has 130 valence electrons. The summed E-state index contributed by atoms with van der Waals surface area (Å²) in [5.74, 6) is -3.86. The topological polar surface area (TPSA) is 89.3 Å². The first-order chi connectivity index (χ1) is 11.8. The summed E-state index contributed by atoms with van der Waals surface area (Å²) < 4.78 is 14.0. The second kappa shape index (κ2) is 7.90. The van der Waals surface area contributed by atoms with Gasteiger partial charge in [0.05, 0.1) is 10.6 Å². The molecule has 0 aliphatic carbocycles. The number of ketones is 1. The van der Waals surface area contributed by atoms with Gasteiger partial charge in [-0.05, 0) is 24.1 Å². The summed E-state index contributed by atoms with van der Waals surface area (Å²) >= 11 is 6.00. The number of carbonyl (C=O) groups is 3. The minimum atomic E-state index is -1.22. The highest BCUT2D eigenvalue weighted by Gasteiger charge is 2.28. The summed E-state index contributed by atoms with van der Waals surface area (Å²) in [5.41, 5.74) is 5.89. The smallest absolute Gasteiger partial charge is 0.287 e. The molecule has 0 radical (unpaired) electrons. The van der Waals surface area contributed by atoms with Crippen LogP contribution in [0, 0.1) is 12.7 Å². The van der Waals surface area contributed by atoms with E-state index in [-0.39, 0.29) is 17.0 Å². The van der Waals surface area contributed by atoms with E-state index in [9.17, 15) is 18.8 Å². The summed E-state index contributed by atoms with van der Waals surface area (Å²) in [7, 11) is 0. The van der Waals surface area contributed by atoms with Crippen molar-refractivity contribution in [1.29, 1.82) is 0 Å². The number of primary amides is 1. The zero-order valence-corrected chi connectivity index (χ0v) is 14.1. The average Bonchev–Trinajstić information content (AvgIpc) is 2.58. The van der Waals surface area contributed by atoms with Crippen LogP contribution in [0.3, 0.4) is 0 Å². The molecule has 3 N–H and O–H groups in total. The second-order valence-corrected chi connectivity index (χ2v) is 5.88. The summed E-state index contributed by atoms with van der Waals surface area (Å²) in [6.07, 6.45) is 0.0411. The molecule has 0 aromatic heterocycles. The Bertz CT molecular complexity index is 825. The van der Waals surface area contributed by atoms with E-state index in [2.05, 4.69) is 5.32 Å². The van der Waals surface area contributed by atoms with E-state index in [4.69, 9.17) is 17.3 Å². The maximum absolute atomic E-state index is 14.0. The number of carbonyl (C=O) groups excluding carboxylic acids is 3. The van der Waals surface area contributed by atoms with Gasteiger partial charge in [-0.25, -0.2) is 4.39 Å². The predicted octanol–water partition coefficient (Wildman–Crippen LogP) is 2.18. The number of halogens is 2. The Kier molecular flexibility index (Phi) is 5.88. The molecule has 0 aliphatic heterocycles. The van der Waals surface area contributed by atoms with Gasteiger partial charge in [0.2, 0.25) is 5.78 Å². The Balaban J connectivity index is 2.30. The summed E-state index contributed by atoms with van der Waals surface area (Å²) in [6.45, 7) is 1.62. The standard InChI is InChI=1S/C18H16ClFN2O3/c1-10-7-8-12(20)14(15(10)19)18(25)22-13(16(23)17(21)24)9-11-5-3-2-4-6-11/h2-8,13H,9H2,1H3,(H2,21,24)(H,22,25). The third-order valence-corrected chi connectivity index (χ3v) is 4.15. The maximum Gasteiger partial charge on any atom is 0.287 e. The molecule has 0 heterocycles. The van der Waals surface area contributed by atoms with Gasteiger partial charge in [0.25, 0.3) is 11.8 Å². The lowest BCUT2D eigenvalue weighted by molar-refractivity contribution is -0.137. The van der Waals surface area contributed by atoms with E-state index < -0.39 is 29.5 Å². The van der Waals surface area contributed by atoms with Crippen LogP contribution < -0.4 is 11.1 Å². The lowest BCUT2D eigenvalue weighted by Crippen LogP contribution is -2.47. The Morgan fingerprint density at radius 1 is 1.16 bits per heavy atom. The van der Waals surface area contributed by atoms with Crippen molar-refractivity contribution in [2.45, 2.75) is 19.4 Å². The third kappa shape index (κ3) is 4.42. The molecule has 7 heteroatoms. The molecule has 1 atom stereocenters. The van der Waals surface area contributed by atoms with Gasteiger partial charge in [0.15, 0.2) is 0 Å². The zero-order chi connectivity index (χ0) is 18.6. The summed E-state index contributed by atoms with van der Waals surface area (Å²) in [5, 5.41) is 2.30. The van der Waals surface area contributed by atoms with Gasteiger partial charge in [-0.1, -0.05) is 48.0 Å². The fourth-order valence-electron chi connectivity index (χ4n) is 2.33. The fraction of sp³-hybridized carbons (Fsp3) is 0.167. The van der Waals surface area contributed by atoms with Gasteiger partial charge in [-0.3, -0.25) is 14.4 Å². The number of nitrogens with one attached hydrogen (secondary N) is 1. The monoisotopic (exact) mass is 362 g/mol. The van der Waals surface area contributed by atoms with Crippen molar-refractivity contribution in [2.24, 2.45) is 5.73 Å². The molecule has 0 aliphatic rings. The van der Waals surface area contributed by atoms with Crippen molar-refractivity contribution in [2.75, 3.05) is 0 Å². The van der Waals surface area contributed by atoms with Crippen LogP contribution in [0.4, 0.5) is 4.39 Å². The molecular formula is C18H16ClFN2O3. The molecule has 0 saturated heterocycles. The normalized spacial score (nSPS) is 11.6. The quantitative estimate of drug-likeness (QED) is 0.772. The largest absolute Gasteiger partial charge is 0.363 e. The SMILES string of the molecule is Cc1ccc(F)c(C(=O)NC(Cc2ccccc2)C(=O)C(N)=O)c1Cl. The van der Waals surface area contributed by atoms with E-state index in [0.717, 1.165) is 6.07 Å². The summed E-state index contributed by atoms with van der Waals surface area (Å²) in [6, 6.07) is 10.1. The van der Waals surface area contributed by atoms with Crippen LogP contribution in [-0.2, 0) is 16.0 Å². The first-order valence-electron chi connectivity index (χ1n) is 7.44. The molecule has 2 aromatic carbocycles. The average molecular weight is 363 g/mol. The first-order valence-corrected chi connectivity index (χ1v) is 7.82. The highest BCUT2D eigenvalue weighted by atomic mass is 35.5. The molecule has 1 unspecified atom stereocenters. The van der Waals surface area contributed by atoms with Crippen molar-refractivity contribution in [3.05, 3.63) is 70.0 Å². The lowest BCUT2D eigenvalue weighted by Gasteiger charge is -2.17. The number of amides is 2. The van der Waals surface area contributed by atoms with Crippen molar-refractivity contribution < 1.29 is 18.8 Å². The van der Waals surface area contributed by atoms with Gasteiger partial charge in [0, 0.05) is 6.42 Å². The van der Waals surface area contributed by atoms with Crippen molar-refractivity contribution in [3.63, 3.8) is 0 Å². The van der Waals surface area contributed by atoms with E-state index in [1.807, 2.05) is 0 Å². The number of benzene rings is 2. The van der Waals surface area contributed by atoms with Gasteiger partial charge < -0.3 is 11.1 Å². The van der Waals surface area contributed by atoms with Crippen LogP contribution in [0.1, 0.15) is 21.5 Å². The first kappa shape index (κ1) is 18.6. The maximum atomic E-state index is 14.0. The number of Topliss-reactive ketones (excluding diaryl/α,β-unsaturated/α-hetero) is 1. The van der Waals surface area contributed by atoms with E-state index in [1.165, 1.54) is 6.07 Å². The Labute approximate surface area is 149 Å². The molecule has 0 fully saturated rings. The Morgan fingerprint density at radius 3 is 2.40 bits per heavy atom. The molecule has 2 rings (SSSR count). The van der Waals surface area contributed by atoms with Gasteiger partial charge >= 0.3 is 0 Å². The number of nitrogens with two attached hydrogens (primary N) is 1. The number of hydrogen-bond acceptors (Lipinski definition) is 3. The minimum Gasteiger partial charge on any atom is -0.363 e. The molecule has 5 nitrogen and oxygen atoms in total. The van der Waals surface area contributed by atoms with Crippen LogP contribution in [0.25, 0.3) is 0 Å². The zero-order valence-electron chi connectivity index (χ0n) is 13.4. The highest BCUT2D eigenvalue weighted by molar-refractivity contribution is 6.38. The molecule has 0 spiro atoms. The van der Waals surface area contributed by atoms with Gasteiger partial charge in [-0.15, -0.1) is 0 Å². The minimum absolute atomic E-state index is 0.0411. The molecule has 2 aromatic rings. The number of aryl methyl sites for hydroxylation is 1. The molecular weight excluding hydrogens is 347 g/mol. The number of rotatable bonds is 6. The fourth-order valence-corrected chi connectivity index (χ4v) is 2.57. The van der Waals surface area contributed by atoms with E-state index >= 15 is 0 Å². The highest BCUT2D eigenvalue weighted by Crippen LogP contribution is 2.23. The predicted molar refractivity (Wildman–Crippen MR) is 91.7 cm³/mol. The van der Waals surface area contributed by atoms with Crippen LogP contribution in [0.15, 0.2) is 42.5 Å². The van der Waals surface area contributed by atoms with E-state index in [1.54, 1.807) is 37.3 Å². The van der Waals surface area contributed by atoms with Crippen LogP contribution in [0.2, 0.25) is 5.02 Å². The number of hydrogen-bond donors (Lipinski definition) is 2. The van der Waals surface area contributed by atoms with Gasteiger partial charge in [-0.2, -0.15) is 0 Å². The van der Waals surface area contributed by atoms with Crippen LogP contribution in [0.5, 0.6) is 0 Å². The lowest BCUT2D eigenvalue weighted by atomic mass is 10.0. The molecule has 0 saturated carbocycles. The Hall–Kier alpha value is -2.73. The van der Waals surface area contributed by atoms with Crippen LogP contribution >= 0.6 is 11.6 Å². The van der Waals surface area contributed by atoms with Crippen molar-refractivity contribution in [3.8, 4) is 0 Å². The molecule has 2 amide bonds. The third-order valence-electron chi connectivity index (χ3n) is 3.66. The van der Waals surface area contributed by atoms with Gasteiger partial charge in [0.1, 0.15) is 11.9 Å². The molecule has 25 heavy (non-hydrogen) atoms. The van der Waals surface area contributed by atoms with Crippen LogP contribution in [-0.4, -0.2) is 23.6 Å². The van der Waals surface area contributed by atoms with E-state index in [0.29, 0.717) is 11.1 Å². The van der Waals surface area contributed by atoms with Crippen molar-refractivity contribution in [1.82, 2.24) is 5.32 Å². The second-order valence-electron chi connectivity index (χ2n) is 5.50. The molecule has 0 bridgehead atoms. The summed E-state index contributed by atoms with van der Waals surface area (Å²) in [4.78, 5) is 35.7. The van der Waals surface area contributed by atoms with Crippen molar-refractivity contribution >= 4 is 29.2 Å².